The van der Waals surface area contributed by atoms with Gasteiger partial charge >= 0.3 is 11.9 Å². The summed E-state index contributed by atoms with van der Waals surface area (Å²) in [5.41, 5.74) is 0. The van der Waals surface area contributed by atoms with E-state index in [0.717, 1.165) is 12.8 Å². The molecular formula is C9H12Cl2O3. The first-order valence-electron chi connectivity index (χ1n) is 4.59. The van der Waals surface area contributed by atoms with Crippen molar-refractivity contribution >= 4 is 35.1 Å². The molecule has 0 saturated carbocycles. The van der Waals surface area contributed by atoms with Gasteiger partial charge in [-0.2, -0.15) is 0 Å². The van der Waals surface area contributed by atoms with E-state index in [1.165, 1.54) is 0 Å². The average Bonchev–Trinajstić information content (AvgIpc) is 2.44. The zero-order chi connectivity index (χ0) is 10.7. The molecule has 0 N–H and O–H groups in total. The highest BCUT2D eigenvalue weighted by atomic mass is 35.5. The van der Waals surface area contributed by atoms with Crippen LogP contribution in [0.5, 0.6) is 0 Å². The fourth-order valence-corrected chi connectivity index (χ4v) is 2.13. The van der Waals surface area contributed by atoms with Crippen molar-refractivity contribution in [1.29, 1.82) is 0 Å². The molecule has 1 saturated heterocycles. The molecule has 0 aromatic carbocycles. The Morgan fingerprint density at radius 1 is 1.50 bits per heavy atom. The van der Waals surface area contributed by atoms with Gasteiger partial charge in [-0.05, 0) is 6.42 Å². The predicted molar refractivity (Wildman–Crippen MR) is 53.4 cm³/mol. The lowest BCUT2D eigenvalue weighted by Gasteiger charge is -2.17. The minimum absolute atomic E-state index is 0.0555. The molecule has 3 nitrogen and oxygen atoms in total. The maximum absolute atomic E-state index is 11.1. The second kappa shape index (κ2) is 4.99. The van der Waals surface area contributed by atoms with E-state index in [0.29, 0.717) is 0 Å². The fourth-order valence-electron chi connectivity index (χ4n) is 1.42. The molecule has 1 fully saturated rings. The largest absolute Gasteiger partial charge is 0.393 e. The second-order valence-electron chi connectivity index (χ2n) is 3.35. The molecule has 0 spiro atoms. The molecule has 0 bridgehead atoms. The summed E-state index contributed by atoms with van der Waals surface area (Å²) in [6, 6.07) is 0. The Kier molecular flexibility index (Phi) is 4.20. The highest BCUT2D eigenvalue weighted by Crippen LogP contribution is 2.29. The minimum Gasteiger partial charge on any atom is -0.393 e. The van der Waals surface area contributed by atoms with E-state index >= 15 is 0 Å². The van der Waals surface area contributed by atoms with E-state index < -0.39 is 23.2 Å². The first-order chi connectivity index (χ1) is 6.56. The van der Waals surface area contributed by atoms with Crippen molar-refractivity contribution in [3.05, 3.63) is 0 Å². The molecule has 14 heavy (non-hydrogen) atoms. The van der Waals surface area contributed by atoms with Crippen LogP contribution in [0, 0.1) is 5.92 Å². The predicted octanol–water partition coefficient (Wildman–Crippen LogP) is 2.09. The van der Waals surface area contributed by atoms with Crippen LogP contribution in [0.25, 0.3) is 0 Å². The Hall–Kier alpha value is -0.280. The Morgan fingerprint density at radius 2 is 2.14 bits per heavy atom. The third-order valence-corrected chi connectivity index (χ3v) is 3.43. The van der Waals surface area contributed by atoms with Gasteiger partial charge < -0.3 is 4.74 Å². The maximum Gasteiger partial charge on any atom is 0.318 e. The third-order valence-electron chi connectivity index (χ3n) is 2.20. The Balaban J connectivity index is 2.55. The number of hydrogen-bond acceptors (Lipinski definition) is 3. The van der Waals surface area contributed by atoms with Gasteiger partial charge in [0.15, 0.2) is 0 Å². The molecule has 0 aliphatic carbocycles. The molecule has 0 aromatic rings. The minimum atomic E-state index is -0.571. The highest BCUT2D eigenvalue weighted by Gasteiger charge is 2.40. The zero-order valence-electron chi connectivity index (χ0n) is 7.83. The van der Waals surface area contributed by atoms with Crippen molar-refractivity contribution in [3.8, 4) is 0 Å². The number of hydrogen-bond donors (Lipinski definition) is 0. The molecule has 1 aliphatic rings. The molecule has 0 radical (unpaired) electrons. The van der Waals surface area contributed by atoms with Gasteiger partial charge in [-0.15, -0.1) is 23.2 Å². The van der Waals surface area contributed by atoms with Gasteiger partial charge in [0.05, 0.1) is 23.1 Å². The SMILES string of the molecule is CCCC(Cl)C(Cl)C1CC(=O)OC1=O. The lowest BCUT2D eigenvalue weighted by Crippen LogP contribution is -2.28. The molecule has 0 amide bonds. The number of halogens is 2. The normalized spacial score (nSPS) is 26.1. The molecule has 80 valence electrons. The van der Waals surface area contributed by atoms with E-state index in [2.05, 4.69) is 4.74 Å². The highest BCUT2D eigenvalue weighted by molar-refractivity contribution is 6.31. The molecule has 5 heteroatoms. The number of rotatable bonds is 4. The van der Waals surface area contributed by atoms with Gasteiger partial charge in [0.1, 0.15) is 0 Å². The van der Waals surface area contributed by atoms with E-state index in [9.17, 15) is 9.59 Å². The van der Waals surface area contributed by atoms with Crippen molar-refractivity contribution in [2.75, 3.05) is 0 Å². The van der Waals surface area contributed by atoms with Crippen LogP contribution in [0.3, 0.4) is 0 Å². The number of carbonyl (C=O) groups excluding carboxylic acids is 2. The number of carbonyl (C=O) groups is 2. The van der Waals surface area contributed by atoms with Gasteiger partial charge in [0.25, 0.3) is 0 Å². The van der Waals surface area contributed by atoms with Crippen molar-refractivity contribution < 1.29 is 14.3 Å². The standard InChI is InChI=1S/C9H12Cl2O3/c1-2-3-6(10)8(11)5-4-7(12)14-9(5)13/h5-6,8H,2-4H2,1H3. The first kappa shape index (κ1) is 11.8. The zero-order valence-corrected chi connectivity index (χ0v) is 9.35. The lowest BCUT2D eigenvalue weighted by atomic mass is 9.99. The molecule has 1 heterocycles. The average molecular weight is 239 g/mol. The summed E-state index contributed by atoms with van der Waals surface area (Å²) in [5, 5.41) is -0.805. The quantitative estimate of drug-likeness (QED) is 0.428. The Morgan fingerprint density at radius 3 is 2.57 bits per heavy atom. The fraction of sp³-hybridized carbons (Fsp3) is 0.778. The van der Waals surface area contributed by atoms with Crippen LogP contribution in [-0.2, 0) is 14.3 Å². The van der Waals surface area contributed by atoms with Gasteiger partial charge in [-0.1, -0.05) is 13.3 Å². The smallest absolute Gasteiger partial charge is 0.318 e. The summed E-state index contributed by atoms with van der Waals surface area (Å²) in [7, 11) is 0. The topological polar surface area (TPSA) is 43.4 Å². The van der Waals surface area contributed by atoms with Crippen LogP contribution in [0.1, 0.15) is 26.2 Å². The number of cyclic esters (lactones) is 2. The Labute approximate surface area is 92.7 Å². The monoisotopic (exact) mass is 238 g/mol. The van der Waals surface area contributed by atoms with Crippen LogP contribution in [0.2, 0.25) is 0 Å². The summed E-state index contributed by atoms with van der Waals surface area (Å²) in [5.74, 6) is -1.62. The van der Waals surface area contributed by atoms with Gasteiger partial charge in [0.2, 0.25) is 0 Å². The molecule has 1 rings (SSSR count). The van der Waals surface area contributed by atoms with Crippen LogP contribution in [0.15, 0.2) is 0 Å². The first-order valence-corrected chi connectivity index (χ1v) is 5.46. The molecule has 3 atom stereocenters. The van der Waals surface area contributed by atoms with Crippen LogP contribution in [0.4, 0.5) is 0 Å². The number of ether oxygens (including phenoxy) is 1. The van der Waals surface area contributed by atoms with Crippen molar-refractivity contribution in [3.63, 3.8) is 0 Å². The molecular weight excluding hydrogens is 227 g/mol. The Bertz CT molecular complexity index is 242. The molecule has 3 unspecified atom stereocenters. The third kappa shape index (κ3) is 2.61. The van der Waals surface area contributed by atoms with E-state index in [-0.39, 0.29) is 11.8 Å². The molecule has 0 aromatic heterocycles. The number of alkyl halides is 2. The summed E-state index contributed by atoms with van der Waals surface area (Å²) in [6.45, 7) is 1.98. The van der Waals surface area contributed by atoms with Crippen LogP contribution >= 0.6 is 23.2 Å². The van der Waals surface area contributed by atoms with E-state index in [1.54, 1.807) is 0 Å². The van der Waals surface area contributed by atoms with Crippen LogP contribution in [-0.4, -0.2) is 22.7 Å². The lowest BCUT2D eigenvalue weighted by molar-refractivity contribution is -0.153. The van der Waals surface area contributed by atoms with Crippen LogP contribution < -0.4 is 0 Å². The summed E-state index contributed by atoms with van der Waals surface area (Å²) >= 11 is 12.0. The molecule has 1 aliphatic heterocycles. The van der Waals surface area contributed by atoms with E-state index in [1.807, 2.05) is 6.92 Å². The summed E-state index contributed by atoms with van der Waals surface area (Å²) in [4.78, 5) is 22.0. The van der Waals surface area contributed by atoms with Gasteiger partial charge in [-0.25, -0.2) is 0 Å². The van der Waals surface area contributed by atoms with Gasteiger partial charge in [-0.3, -0.25) is 9.59 Å². The second-order valence-corrected chi connectivity index (χ2v) is 4.42. The number of esters is 2. The van der Waals surface area contributed by atoms with Crippen molar-refractivity contribution in [2.45, 2.75) is 36.9 Å². The van der Waals surface area contributed by atoms with Gasteiger partial charge in [0, 0.05) is 0 Å². The van der Waals surface area contributed by atoms with Crippen molar-refractivity contribution in [2.24, 2.45) is 5.92 Å². The summed E-state index contributed by atoms with van der Waals surface area (Å²) in [6.07, 6.45) is 1.68. The maximum atomic E-state index is 11.1. The van der Waals surface area contributed by atoms with E-state index in [4.69, 9.17) is 23.2 Å². The van der Waals surface area contributed by atoms with Crippen molar-refractivity contribution in [1.82, 2.24) is 0 Å². The summed E-state index contributed by atoms with van der Waals surface area (Å²) < 4.78 is 4.40.